The fourth-order valence-electron chi connectivity index (χ4n) is 3.24. The fourth-order valence-corrected chi connectivity index (χ4v) is 3.24. The van der Waals surface area contributed by atoms with Gasteiger partial charge in [0.25, 0.3) is 0 Å². The van der Waals surface area contributed by atoms with Crippen molar-refractivity contribution in [3.63, 3.8) is 0 Å². The van der Waals surface area contributed by atoms with Crippen LogP contribution >= 0.6 is 0 Å². The molecule has 0 saturated heterocycles. The van der Waals surface area contributed by atoms with E-state index in [4.69, 9.17) is 20.9 Å². The van der Waals surface area contributed by atoms with E-state index in [1.54, 1.807) is 41.5 Å². The maximum absolute atomic E-state index is 12.2. The molecule has 210 valence electrons. The number of alkyl carbamates (subject to hydrolysis) is 1. The Bertz CT molecular complexity index is 846. The molecule has 2 amide bonds. The first-order valence-corrected chi connectivity index (χ1v) is 12.8. The van der Waals surface area contributed by atoms with Gasteiger partial charge in [0.05, 0.1) is 0 Å². The van der Waals surface area contributed by atoms with Gasteiger partial charge in [0.1, 0.15) is 11.2 Å². The third kappa shape index (κ3) is 17.2. The molecule has 0 fully saturated rings. The van der Waals surface area contributed by atoms with E-state index < -0.39 is 23.4 Å². The van der Waals surface area contributed by atoms with Crippen molar-refractivity contribution >= 4 is 23.8 Å². The van der Waals surface area contributed by atoms with Crippen molar-refractivity contribution in [2.24, 2.45) is 10.7 Å². The molecule has 0 aliphatic heterocycles. The minimum Gasteiger partial charge on any atom is -0.444 e. The molecule has 0 spiro atoms. The molecule has 0 aliphatic rings. The summed E-state index contributed by atoms with van der Waals surface area (Å²) in [6.07, 6.45) is 2.21. The SMILES string of the molecule is CC(C)(C)OC(=O)/N=C(\NNCCCN(CCCN)CCCc1ccc(N)cc1)NC(=O)OC(C)(C)C. The Morgan fingerprint density at radius 1 is 0.919 bits per heavy atom. The lowest BCUT2D eigenvalue weighted by molar-refractivity contribution is 0.0560. The number of hydrazine groups is 1. The van der Waals surface area contributed by atoms with Crippen LogP contribution in [-0.2, 0) is 15.9 Å². The number of hydrogen-bond donors (Lipinski definition) is 5. The Morgan fingerprint density at radius 3 is 2.11 bits per heavy atom. The van der Waals surface area contributed by atoms with E-state index in [2.05, 4.69) is 38.2 Å². The Morgan fingerprint density at radius 2 is 1.51 bits per heavy atom. The highest BCUT2D eigenvalue weighted by molar-refractivity contribution is 5.98. The number of amides is 2. The highest BCUT2D eigenvalue weighted by atomic mass is 16.6. The van der Waals surface area contributed by atoms with Gasteiger partial charge in [-0.3, -0.25) is 10.7 Å². The number of aliphatic imine (C=N–C) groups is 1. The summed E-state index contributed by atoms with van der Waals surface area (Å²) in [5, 5.41) is 2.45. The number of nitrogens with two attached hydrogens (primary N) is 2. The van der Waals surface area contributed by atoms with Crippen LogP contribution in [0.15, 0.2) is 29.3 Å². The second-order valence-corrected chi connectivity index (χ2v) is 10.8. The van der Waals surface area contributed by atoms with E-state index in [9.17, 15) is 9.59 Å². The van der Waals surface area contributed by atoms with Crippen molar-refractivity contribution < 1.29 is 19.1 Å². The molecule has 11 heteroatoms. The van der Waals surface area contributed by atoms with Crippen LogP contribution in [0.4, 0.5) is 15.3 Å². The molecule has 37 heavy (non-hydrogen) atoms. The van der Waals surface area contributed by atoms with Crippen LogP contribution in [0.3, 0.4) is 0 Å². The normalized spacial score (nSPS) is 12.4. The number of anilines is 1. The van der Waals surface area contributed by atoms with Gasteiger partial charge in [0.15, 0.2) is 0 Å². The molecule has 0 aliphatic carbocycles. The van der Waals surface area contributed by atoms with Crippen LogP contribution in [0.1, 0.15) is 66.4 Å². The van der Waals surface area contributed by atoms with Crippen molar-refractivity contribution in [3.05, 3.63) is 29.8 Å². The molecule has 1 rings (SSSR count). The zero-order valence-electron chi connectivity index (χ0n) is 23.4. The van der Waals surface area contributed by atoms with Crippen molar-refractivity contribution in [3.8, 4) is 0 Å². The molecule has 0 bridgehead atoms. The van der Waals surface area contributed by atoms with Crippen molar-refractivity contribution in [2.75, 3.05) is 38.5 Å². The molecule has 0 heterocycles. The minimum absolute atomic E-state index is 0.105. The van der Waals surface area contributed by atoms with Crippen LogP contribution in [0, 0.1) is 0 Å². The molecular formula is C26H47N7O4. The third-order valence-electron chi connectivity index (χ3n) is 4.80. The zero-order chi connectivity index (χ0) is 27.9. The van der Waals surface area contributed by atoms with Gasteiger partial charge >= 0.3 is 12.2 Å². The van der Waals surface area contributed by atoms with E-state index in [1.807, 2.05) is 12.1 Å². The van der Waals surface area contributed by atoms with Crippen molar-refractivity contribution in [1.82, 2.24) is 21.1 Å². The number of guanidine groups is 1. The van der Waals surface area contributed by atoms with E-state index >= 15 is 0 Å². The number of rotatable bonds is 12. The lowest BCUT2D eigenvalue weighted by Gasteiger charge is -2.23. The van der Waals surface area contributed by atoms with Crippen LogP contribution in [0.2, 0.25) is 0 Å². The van der Waals surface area contributed by atoms with Crippen LogP contribution in [-0.4, -0.2) is 67.0 Å². The zero-order valence-corrected chi connectivity index (χ0v) is 23.4. The third-order valence-corrected chi connectivity index (χ3v) is 4.80. The molecule has 0 unspecified atom stereocenters. The average Bonchev–Trinajstić information content (AvgIpc) is 2.75. The lowest BCUT2D eigenvalue weighted by atomic mass is 10.1. The molecular weight excluding hydrogens is 474 g/mol. The van der Waals surface area contributed by atoms with E-state index in [1.165, 1.54) is 5.56 Å². The summed E-state index contributed by atoms with van der Waals surface area (Å²) in [5.74, 6) is -0.105. The van der Waals surface area contributed by atoms with Gasteiger partial charge < -0.3 is 25.8 Å². The molecule has 1 aromatic rings. The number of hydrogen-bond acceptors (Lipinski definition) is 8. The number of benzene rings is 1. The van der Waals surface area contributed by atoms with E-state index in [0.29, 0.717) is 13.1 Å². The lowest BCUT2D eigenvalue weighted by Crippen LogP contribution is -2.49. The molecule has 0 radical (unpaired) electrons. The van der Waals surface area contributed by atoms with Crippen LogP contribution < -0.4 is 27.6 Å². The van der Waals surface area contributed by atoms with Crippen LogP contribution in [0.25, 0.3) is 0 Å². The Hall–Kier alpha value is -2.89. The summed E-state index contributed by atoms with van der Waals surface area (Å²) in [4.78, 5) is 30.5. The van der Waals surface area contributed by atoms with Gasteiger partial charge in [-0.25, -0.2) is 15.0 Å². The predicted molar refractivity (Wildman–Crippen MR) is 148 cm³/mol. The highest BCUT2D eigenvalue weighted by Crippen LogP contribution is 2.10. The number of nitrogens with zero attached hydrogens (tertiary/aromatic N) is 2. The standard InChI is InChI=1S/C26H47N7O4/c1-25(2,3)36-23(34)30-22(31-24(35)37-26(4,5)6)32-29-16-9-19-33(18-8-15-27)17-7-10-20-11-13-21(28)14-12-20/h11-14,29H,7-10,15-19,27-28H2,1-6H3,(H2,30,31,32,34,35). The quantitative estimate of drug-likeness (QED) is 0.0916. The van der Waals surface area contributed by atoms with Crippen molar-refractivity contribution in [1.29, 1.82) is 0 Å². The van der Waals surface area contributed by atoms with E-state index in [0.717, 1.165) is 51.0 Å². The first-order chi connectivity index (χ1) is 17.3. The summed E-state index contributed by atoms with van der Waals surface area (Å²) in [7, 11) is 0. The molecule has 1 aromatic carbocycles. The molecule has 7 N–H and O–H groups in total. The maximum Gasteiger partial charge on any atom is 0.437 e. The molecule has 0 aromatic heterocycles. The smallest absolute Gasteiger partial charge is 0.437 e. The first-order valence-electron chi connectivity index (χ1n) is 12.8. The van der Waals surface area contributed by atoms with E-state index in [-0.39, 0.29) is 5.96 Å². The first kappa shape index (κ1) is 32.1. The summed E-state index contributed by atoms with van der Waals surface area (Å²) in [6, 6.07) is 7.99. The number of ether oxygens (including phenoxy) is 2. The fraction of sp³-hybridized carbons (Fsp3) is 0.654. The van der Waals surface area contributed by atoms with Gasteiger partial charge in [-0.1, -0.05) is 12.1 Å². The summed E-state index contributed by atoms with van der Waals surface area (Å²) >= 11 is 0. The molecule has 0 saturated carbocycles. The van der Waals surface area contributed by atoms with Crippen molar-refractivity contribution in [2.45, 2.75) is 78.4 Å². The number of nitrogen functional groups attached to an aromatic ring is 1. The van der Waals surface area contributed by atoms with Crippen LogP contribution in [0.5, 0.6) is 0 Å². The highest BCUT2D eigenvalue weighted by Gasteiger charge is 2.20. The van der Waals surface area contributed by atoms with Gasteiger partial charge in [0, 0.05) is 12.2 Å². The number of nitrogens with one attached hydrogen (secondary N) is 3. The van der Waals surface area contributed by atoms with Gasteiger partial charge in [0.2, 0.25) is 5.96 Å². The number of aryl methyl sites for hydroxylation is 1. The second kappa shape index (κ2) is 16.1. The maximum atomic E-state index is 12.2. The Kier molecular flexibility index (Phi) is 13.9. The molecule has 0 atom stereocenters. The Balaban J connectivity index is 2.56. The van der Waals surface area contributed by atoms with Gasteiger partial charge in [-0.15, -0.1) is 4.99 Å². The summed E-state index contributed by atoms with van der Waals surface area (Å²) in [6.45, 7) is 14.4. The molecule has 11 nitrogen and oxygen atoms in total. The average molecular weight is 522 g/mol. The monoisotopic (exact) mass is 521 g/mol. The Labute approximate surface area is 221 Å². The topological polar surface area (TPSA) is 156 Å². The number of carbonyl (C=O) groups excluding carboxylic acids is 2. The predicted octanol–water partition coefficient (Wildman–Crippen LogP) is 3.15. The summed E-state index contributed by atoms with van der Waals surface area (Å²) < 4.78 is 10.5. The second-order valence-electron chi connectivity index (χ2n) is 10.8. The number of carbonyl (C=O) groups is 2. The largest absolute Gasteiger partial charge is 0.444 e. The van der Waals surface area contributed by atoms with Gasteiger partial charge in [-0.05, 0) is 111 Å². The summed E-state index contributed by atoms with van der Waals surface area (Å²) in [5.41, 5.74) is 17.9. The van der Waals surface area contributed by atoms with Gasteiger partial charge in [-0.2, -0.15) is 0 Å². The minimum atomic E-state index is -0.832.